The van der Waals surface area contributed by atoms with Crippen LogP contribution in [0.25, 0.3) is 17.2 Å². The highest BCUT2D eigenvalue weighted by atomic mass is 16.5. The molecule has 1 fully saturated rings. The first-order valence-electron chi connectivity index (χ1n) is 10.5. The molecule has 0 unspecified atom stereocenters. The van der Waals surface area contributed by atoms with Crippen LogP contribution in [-0.4, -0.2) is 42.4 Å². The monoisotopic (exact) mass is 419 g/mol. The molecule has 0 saturated carbocycles. The van der Waals surface area contributed by atoms with Crippen LogP contribution >= 0.6 is 0 Å². The molecular formula is C24H25N3O4. The Balaban J connectivity index is 1.65. The number of carbonyl (C=O) groups is 3. The summed E-state index contributed by atoms with van der Waals surface area (Å²) in [7, 11) is 0. The molecule has 0 atom stereocenters. The molecule has 2 aromatic carbocycles. The third kappa shape index (κ3) is 4.22. The number of esters is 1. The van der Waals surface area contributed by atoms with Crippen molar-refractivity contribution >= 4 is 29.5 Å². The number of amides is 2. The van der Waals surface area contributed by atoms with Gasteiger partial charge in [-0.1, -0.05) is 18.2 Å². The summed E-state index contributed by atoms with van der Waals surface area (Å²) in [5.74, 6) is 5.14. The zero-order chi connectivity index (χ0) is 22.0. The molecule has 2 aromatic rings. The van der Waals surface area contributed by atoms with E-state index < -0.39 is 5.97 Å². The summed E-state index contributed by atoms with van der Waals surface area (Å²) in [6.07, 6.45) is 3.65. The molecule has 31 heavy (non-hydrogen) atoms. The van der Waals surface area contributed by atoms with Crippen molar-refractivity contribution in [2.75, 3.05) is 24.7 Å². The van der Waals surface area contributed by atoms with Crippen molar-refractivity contribution in [3.8, 4) is 11.1 Å². The molecule has 160 valence electrons. The van der Waals surface area contributed by atoms with Gasteiger partial charge in [-0.3, -0.25) is 9.59 Å². The molecule has 4 rings (SSSR count). The van der Waals surface area contributed by atoms with Gasteiger partial charge in [-0.2, -0.15) is 0 Å². The average Bonchev–Trinajstić information content (AvgIpc) is 3.29. The number of likely N-dealkylation sites (tertiary alicyclic amines) is 1. The Morgan fingerprint density at radius 2 is 1.71 bits per heavy atom. The van der Waals surface area contributed by atoms with E-state index in [4.69, 9.17) is 10.6 Å². The van der Waals surface area contributed by atoms with E-state index in [2.05, 4.69) is 0 Å². The van der Waals surface area contributed by atoms with Crippen LogP contribution in [0.2, 0.25) is 0 Å². The molecule has 0 bridgehead atoms. The normalized spacial score (nSPS) is 15.9. The maximum absolute atomic E-state index is 12.6. The third-order valence-electron chi connectivity index (χ3n) is 5.62. The molecule has 2 aliphatic rings. The Labute approximate surface area is 181 Å². The predicted octanol–water partition coefficient (Wildman–Crippen LogP) is 3.15. The number of nitrogens with zero attached hydrogens (tertiary/aromatic N) is 2. The van der Waals surface area contributed by atoms with Gasteiger partial charge in [0.15, 0.2) is 0 Å². The van der Waals surface area contributed by atoms with Crippen molar-refractivity contribution in [1.82, 2.24) is 4.90 Å². The van der Waals surface area contributed by atoms with Gasteiger partial charge in [0.2, 0.25) is 5.91 Å². The fraction of sp³-hybridized carbons (Fsp3) is 0.292. The molecule has 2 heterocycles. The second-order valence-electron chi connectivity index (χ2n) is 7.68. The van der Waals surface area contributed by atoms with Crippen LogP contribution in [0, 0.1) is 0 Å². The Kier molecular flexibility index (Phi) is 5.86. The highest BCUT2D eigenvalue weighted by molar-refractivity contribution is 6.07. The quantitative estimate of drug-likeness (QED) is 0.467. The Hall–Kier alpha value is -3.45. The van der Waals surface area contributed by atoms with Gasteiger partial charge in [0, 0.05) is 29.8 Å². The fourth-order valence-electron chi connectivity index (χ4n) is 3.95. The largest absolute Gasteiger partial charge is 0.463 e. The smallest absolute Gasteiger partial charge is 0.334 e. The summed E-state index contributed by atoms with van der Waals surface area (Å²) >= 11 is 0. The number of hydrogen-bond acceptors (Lipinski definition) is 5. The average molecular weight is 419 g/mol. The number of anilines is 1. The second-order valence-corrected chi connectivity index (χ2v) is 7.68. The summed E-state index contributed by atoms with van der Waals surface area (Å²) in [5, 5.41) is 1.07. The zero-order valence-electron chi connectivity index (χ0n) is 17.5. The van der Waals surface area contributed by atoms with E-state index in [1.807, 2.05) is 41.3 Å². The molecule has 2 amide bonds. The number of benzene rings is 2. The summed E-state index contributed by atoms with van der Waals surface area (Å²) in [6.45, 7) is 3.58. The van der Waals surface area contributed by atoms with E-state index in [0.29, 0.717) is 16.8 Å². The third-order valence-corrected chi connectivity index (χ3v) is 5.62. The molecule has 1 saturated heterocycles. The minimum atomic E-state index is -0.521. The van der Waals surface area contributed by atoms with Crippen LogP contribution in [0.15, 0.2) is 48.0 Å². The van der Waals surface area contributed by atoms with Crippen LogP contribution in [0.4, 0.5) is 5.69 Å². The highest BCUT2D eigenvalue weighted by Crippen LogP contribution is 2.32. The Morgan fingerprint density at radius 3 is 2.39 bits per heavy atom. The van der Waals surface area contributed by atoms with Gasteiger partial charge >= 0.3 is 5.97 Å². The van der Waals surface area contributed by atoms with E-state index in [1.54, 1.807) is 19.1 Å². The molecule has 0 radical (unpaired) electrons. The lowest BCUT2D eigenvalue weighted by atomic mass is 9.99. The number of carbonyl (C=O) groups excluding carboxylic acids is 3. The van der Waals surface area contributed by atoms with Crippen LogP contribution in [0.5, 0.6) is 0 Å². The van der Waals surface area contributed by atoms with Gasteiger partial charge in [0.05, 0.1) is 18.7 Å². The topological polar surface area (TPSA) is 92.9 Å². The minimum absolute atomic E-state index is 0.0604. The highest BCUT2D eigenvalue weighted by Gasteiger charge is 2.25. The number of ether oxygens (including phenoxy) is 1. The minimum Gasteiger partial charge on any atom is -0.463 e. The van der Waals surface area contributed by atoms with Crippen LogP contribution in [-0.2, 0) is 14.3 Å². The van der Waals surface area contributed by atoms with Crippen molar-refractivity contribution in [2.24, 2.45) is 5.84 Å². The number of fused-ring (bicyclic) bond motifs is 1. The van der Waals surface area contributed by atoms with E-state index in [-0.39, 0.29) is 30.4 Å². The second kappa shape index (κ2) is 8.73. The maximum Gasteiger partial charge on any atom is 0.334 e. The van der Waals surface area contributed by atoms with E-state index in [1.165, 1.54) is 0 Å². The van der Waals surface area contributed by atoms with Gasteiger partial charge in [-0.05, 0) is 61.2 Å². The molecule has 2 N–H and O–H groups in total. The first kappa shape index (κ1) is 20.8. The van der Waals surface area contributed by atoms with Gasteiger partial charge < -0.3 is 9.64 Å². The van der Waals surface area contributed by atoms with Gasteiger partial charge in [0.1, 0.15) is 0 Å². The zero-order valence-corrected chi connectivity index (χ0v) is 17.5. The lowest BCUT2D eigenvalue weighted by Crippen LogP contribution is -2.37. The van der Waals surface area contributed by atoms with E-state index >= 15 is 0 Å². The van der Waals surface area contributed by atoms with Gasteiger partial charge in [0.25, 0.3) is 5.91 Å². The van der Waals surface area contributed by atoms with Crippen molar-refractivity contribution in [3.63, 3.8) is 0 Å². The molecule has 7 heteroatoms. The number of rotatable bonds is 4. The molecule has 7 nitrogen and oxygen atoms in total. The van der Waals surface area contributed by atoms with Gasteiger partial charge in [-0.25, -0.2) is 15.6 Å². The first-order valence-corrected chi connectivity index (χ1v) is 10.5. The lowest BCUT2D eigenvalue weighted by molar-refractivity contribution is -0.139. The van der Waals surface area contributed by atoms with Crippen molar-refractivity contribution in [3.05, 3.63) is 59.2 Å². The standard InChI is InChI=1S/C24H25N3O4/c1-2-31-24(30)20-14-19-13-18(9-10-21(19)27(25)22(28)15-20)16-5-7-17(8-6-16)23(29)26-11-3-4-12-26/h5-10,13-14H,2-4,11-12,15,25H2,1H3. The SMILES string of the molecule is CCOC(=O)C1=Cc2cc(-c3ccc(C(=O)N4CCCC4)cc3)ccc2N(N)C(=O)C1. The summed E-state index contributed by atoms with van der Waals surface area (Å²) in [6, 6.07) is 13.0. The van der Waals surface area contributed by atoms with Crippen molar-refractivity contribution < 1.29 is 19.1 Å². The number of nitrogens with two attached hydrogens (primary N) is 1. The molecule has 0 aromatic heterocycles. The number of hydrogen-bond donors (Lipinski definition) is 1. The van der Waals surface area contributed by atoms with Crippen LogP contribution in [0.3, 0.4) is 0 Å². The van der Waals surface area contributed by atoms with Gasteiger partial charge in [-0.15, -0.1) is 0 Å². The van der Waals surface area contributed by atoms with Crippen LogP contribution in [0.1, 0.15) is 42.1 Å². The van der Waals surface area contributed by atoms with Crippen LogP contribution < -0.4 is 10.9 Å². The van der Waals surface area contributed by atoms with E-state index in [0.717, 1.165) is 42.1 Å². The predicted molar refractivity (Wildman–Crippen MR) is 118 cm³/mol. The van der Waals surface area contributed by atoms with Crippen molar-refractivity contribution in [1.29, 1.82) is 0 Å². The molecule has 2 aliphatic heterocycles. The summed E-state index contributed by atoms with van der Waals surface area (Å²) in [4.78, 5) is 39.1. The maximum atomic E-state index is 12.6. The Bertz CT molecular complexity index is 1050. The fourth-order valence-corrected chi connectivity index (χ4v) is 3.95. The molecule has 0 aliphatic carbocycles. The Morgan fingerprint density at radius 1 is 1.03 bits per heavy atom. The number of hydrazine groups is 1. The van der Waals surface area contributed by atoms with Crippen molar-refractivity contribution in [2.45, 2.75) is 26.2 Å². The van der Waals surface area contributed by atoms with E-state index in [9.17, 15) is 14.4 Å². The lowest BCUT2D eigenvalue weighted by Gasteiger charge is -2.18. The summed E-state index contributed by atoms with van der Waals surface area (Å²) in [5.41, 5.74) is 3.93. The molecular weight excluding hydrogens is 394 g/mol. The molecule has 0 spiro atoms. The summed E-state index contributed by atoms with van der Waals surface area (Å²) < 4.78 is 5.07. The first-order chi connectivity index (χ1) is 15.0.